The van der Waals surface area contributed by atoms with Crippen LogP contribution in [-0.4, -0.2) is 9.97 Å². The van der Waals surface area contributed by atoms with E-state index in [4.69, 9.17) is 9.97 Å². The van der Waals surface area contributed by atoms with Gasteiger partial charge in [0.1, 0.15) is 0 Å². The third-order valence-electron chi connectivity index (χ3n) is 7.25. The predicted molar refractivity (Wildman–Crippen MR) is 158 cm³/mol. The highest BCUT2D eigenvalue weighted by atomic mass is 32.1. The van der Waals surface area contributed by atoms with Crippen LogP contribution in [0.3, 0.4) is 0 Å². The van der Waals surface area contributed by atoms with Crippen LogP contribution in [-0.2, 0) is 0 Å². The first-order chi connectivity index (χ1) is 18.3. The first kappa shape index (κ1) is 20.6. The van der Waals surface area contributed by atoms with Crippen molar-refractivity contribution in [2.24, 2.45) is 0 Å². The van der Waals surface area contributed by atoms with E-state index < -0.39 is 0 Å². The van der Waals surface area contributed by atoms with Crippen molar-refractivity contribution in [2.75, 3.05) is 0 Å². The summed E-state index contributed by atoms with van der Waals surface area (Å²) in [6.45, 7) is 0. The lowest BCUT2D eigenvalue weighted by Crippen LogP contribution is -1.96. The van der Waals surface area contributed by atoms with E-state index in [9.17, 15) is 0 Å². The number of nitrogens with zero attached hydrogens (tertiary/aromatic N) is 2. The number of thiophene rings is 1. The molecule has 0 saturated heterocycles. The molecule has 0 radical (unpaired) electrons. The van der Waals surface area contributed by atoms with Crippen molar-refractivity contribution in [3.05, 3.63) is 121 Å². The first-order valence-electron chi connectivity index (χ1n) is 12.4. The highest BCUT2D eigenvalue weighted by Crippen LogP contribution is 2.40. The van der Waals surface area contributed by atoms with E-state index >= 15 is 0 Å². The van der Waals surface area contributed by atoms with E-state index in [-0.39, 0.29) is 0 Å². The van der Waals surface area contributed by atoms with Gasteiger partial charge in [0.2, 0.25) is 0 Å². The number of benzene rings is 6. The second kappa shape index (κ2) is 7.95. The molecule has 0 aliphatic rings. The molecule has 2 nitrogen and oxygen atoms in total. The van der Waals surface area contributed by atoms with Crippen molar-refractivity contribution in [1.29, 1.82) is 0 Å². The van der Waals surface area contributed by atoms with Crippen molar-refractivity contribution in [2.45, 2.75) is 0 Å². The Morgan fingerprint density at radius 3 is 2.16 bits per heavy atom. The van der Waals surface area contributed by atoms with Crippen LogP contribution in [0.2, 0.25) is 0 Å². The summed E-state index contributed by atoms with van der Waals surface area (Å²) in [4.78, 5) is 10.3. The van der Waals surface area contributed by atoms with E-state index in [2.05, 4.69) is 115 Å². The molecule has 0 N–H and O–H groups in total. The van der Waals surface area contributed by atoms with E-state index in [0.29, 0.717) is 0 Å². The molecule has 8 rings (SSSR count). The van der Waals surface area contributed by atoms with Gasteiger partial charge >= 0.3 is 0 Å². The van der Waals surface area contributed by atoms with E-state index in [0.717, 1.165) is 33.5 Å². The average molecular weight is 489 g/mol. The second-order valence-electron chi connectivity index (χ2n) is 9.42. The molecule has 0 aliphatic heterocycles. The van der Waals surface area contributed by atoms with Crippen molar-refractivity contribution in [1.82, 2.24) is 9.97 Å². The van der Waals surface area contributed by atoms with Gasteiger partial charge in [-0.1, -0.05) is 103 Å². The van der Waals surface area contributed by atoms with Crippen LogP contribution in [0.4, 0.5) is 0 Å². The summed E-state index contributed by atoms with van der Waals surface area (Å²) in [6, 6.07) is 43.0. The Labute approximate surface area is 217 Å². The van der Waals surface area contributed by atoms with E-state index in [1.165, 1.54) is 41.7 Å². The first-order valence-corrected chi connectivity index (χ1v) is 13.2. The number of rotatable bonds is 2. The van der Waals surface area contributed by atoms with Crippen LogP contribution in [0.5, 0.6) is 0 Å². The lowest BCUT2D eigenvalue weighted by molar-refractivity contribution is 1.23. The van der Waals surface area contributed by atoms with Crippen LogP contribution in [0.15, 0.2) is 121 Å². The topological polar surface area (TPSA) is 25.8 Å². The summed E-state index contributed by atoms with van der Waals surface area (Å²) in [5, 5.41) is 8.60. The fraction of sp³-hybridized carbons (Fsp3) is 0. The highest BCUT2D eigenvalue weighted by Gasteiger charge is 2.15. The Balaban J connectivity index is 1.39. The normalized spacial score (nSPS) is 11.8. The smallest absolute Gasteiger partial charge is 0.160 e. The van der Waals surface area contributed by atoms with Crippen LogP contribution in [0.25, 0.3) is 75.3 Å². The minimum Gasteiger partial charge on any atom is -0.228 e. The van der Waals surface area contributed by atoms with E-state index in [1.54, 1.807) is 0 Å². The van der Waals surface area contributed by atoms with Crippen LogP contribution in [0, 0.1) is 0 Å². The fourth-order valence-electron chi connectivity index (χ4n) is 5.49. The second-order valence-corrected chi connectivity index (χ2v) is 10.5. The monoisotopic (exact) mass is 488 g/mol. The van der Waals surface area contributed by atoms with Gasteiger partial charge in [-0.3, -0.25) is 0 Å². The Morgan fingerprint density at radius 1 is 0.486 bits per heavy atom. The predicted octanol–water partition coefficient (Wildman–Crippen LogP) is 9.64. The van der Waals surface area contributed by atoms with E-state index in [1.807, 2.05) is 17.4 Å². The molecule has 0 saturated carbocycles. The molecule has 0 amide bonds. The van der Waals surface area contributed by atoms with Crippen molar-refractivity contribution < 1.29 is 0 Å². The Morgan fingerprint density at radius 2 is 1.24 bits per heavy atom. The van der Waals surface area contributed by atoms with Crippen molar-refractivity contribution in [3.8, 4) is 22.6 Å². The molecule has 0 bridgehead atoms. The summed E-state index contributed by atoms with van der Waals surface area (Å²) >= 11 is 1.86. The van der Waals surface area contributed by atoms with Gasteiger partial charge in [0.25, 0.3) is 0 Å². The van der Waals surface area contributed by atoms with Gasteiger partial charge in [-0.25, -0.2) is 9.97 Å². The molecule has 37 heavy (non-hydrogen) atoms. The van der Waals surface area contributed by atoms with Crippen molar-refractivity contribution >= 4 is 64.0 Å². The molecule has 172 valence electrons. The van der Waals surface area contributed by atoms with Crippen molar-refractivity contribution in [3.63, 3.8) is 0 Å². The molecular weight excluding hydrogens is 468 g/mol. The lowest BCUT2D eigenvalue weighted by atomic mass is 9.99. The van der Waals surface area contributed by atoms with Crippen LogP contribution < -0.4 is 0 Å². The SMILES string of the molecule is c1ccc(-c2nc(-c3ccc4c(ccc5c6ccccc6sc45)c3)nc3ccc4ccccc4c23)cc1. The Hall–Kier alpha value is -4.60. The van der Waals surface area contributed by atoms with Gasteiger partial charge in [-0.05, 0) is 39.7 Å². The quantitative estimate of drug-likeness (QED) is 0.226. The van der Waals surface area contributed by atoms with Crippen LogP contribution >= 0.6 is 11.3 Å². The molecule has 6 aromatic carbocycles. The zero-order valence-corrected chi connectivity index (χ0v) is 20.7. The minimum absolute atomic E-state index is 0.750. The number of hydrogen-bond acceptors (Lipinski definition) is 3. The Kier molecular flexibility index (Phi) is 4.42. The zero-order chi connectivity index (χ0) is 24.3. The van der Waals surface area contributed by atoms with Gasteiger partial charge < -0.3 is 0 Å². The maximum Gasteiger partial charge on any atom is 0.160 e. The molecular formula is C34H20N2S. The molecule has 3 heteroatoms. The summed E-state index contributed by atoms with van der Waals surface area (Å²) < 4.78 is 2.66. The summed E-state index contributed by atoms with van der Waals surface area (Å²) in [5.41, 5.74) is 4.06. The number of aromatic nitrogens is 2. The largest absolute Gasteiger partial charge is 0.228 e. The molecule has 2 heterocycles. The molecule has 0 atom stereocenters. The summed E-state index contributed by atoms with van der Waals surface area (Å²) in [5.74, 6) is 0.750. The molecule has 0 aliphatic carbocycles. The Bertz CT molecular complexity index is 2140. The third-order valence-corrected chi connectivity index (χ3v) is 8.47. The molecule has 8 aromatic rings. The maximum absolute atomic E-state index is 5.19. The maximum atomic E-state index is 5.19. The lowest BCUT2D eigenvalue weighted by Gasteiger charge is -2.12. The third kappa shape index (κ3) is 3.18. The molecule has 0 fully saturated rings. The van der Waals surface area contributed by atoms with Gasteiger partial charge in [0.15, 0.2) is 5.82 Å². The standard InChI is InChI=1S/C34H20N2S/c1-2-9-22(10-3-1)32-31-25-11-5-4-8-21(25)16-19-29(31)35-34(36-32)24-15-17-26-23(20-24)14-18-28-27-12-6-7-13-30(27)37-33(26)28/h1-20H. The highest BCUT2D eigenvalue weighted by molar-refractivity contribution is 7.26. The van der Waals surface area contributed by atoms with Gasteiger partial charge in [-0.15, -0.1) is 11.3 Å². The van der Waals surface area contributed by atoms with Gasteiger partial charge in [0, 0.05) is 36.7 Å². The molecule has 0 unspecified atom stereocenters. The van der Waals surface area contributed by atoms with Gasteiger partial charge in [0.05, 0.1) is 11.2 Å². The number of hydrogen-bond donors (Lipinski definition) is 0. The number of fused-ring (bicyclic) bond motifs is 8. The fourth-order valence-corrected chi connectivity index (χ4v) is 6.73. The zero-order valence-electron chi connectivity index (χ0n) is 19.8. The van der Waals surface area contributed by atoms with Gasteiger partial charge in [-0.2, -0.15) is 0 Å². The summed E-state index contributed by atoms with van der Waals surface area (Å²) in [6.07, 6.45) is 0. The summed E-state index contributed by atoms with van der Waals surface area (Å²) in [7, 11) is 0. The van der Waals surface area contributed by atoms with Crippen LogP contribution in [0.1, 0.15) is 0 Å². The molecule has 0 spiro atoms. The minimum atomic E-state index is 0.750. The average Bonchev–Trinajstić information content (AvgIpc) is 3.36. The molecule has 2 aromatic heterocycles.